The lowest BCUT2D eigenvalue weighted by Crippen LogP contribution is -2.17. The zero-order valence-corrected chi connectivity index (χ0v) is 14.0. The third-order valence-electron chi connectivity index (χ3n) is 3.98. The van der Waals surface area contributed by atoms with Gasteiger partial charge in [0.2, 0.25) is 9.84 Å². The van der Waals surface area contributed by atoms with Crippen molar-refractivity contribution in [3.05, 3.63) is 53.1 Å². The van der Waals surface area contributed by atoms with E-state index in [4.69, 9.17) is 4.74 Å². The lowest BCUT2D eigenvalue weighted by atomic mass is 10.1. The van der Waals surface area contributed by atoms with E-state index in [9.17, 15) is 26.0 Å². The van der Waals surface area contributed by atoms with Crippen molar-refractivity contribution in [3.63, 3.8) is 0 Å². The molecule has 3 nitrogen and oxygen atoms in total. The maximum atomic E-state index is 14.5. The van der Waals surface area contributed by atoms with Crippen LogP contribution in [0, 0.1) is 11.6 Å². The van der Waals surface area contributed by atoms with Crippen molar-refractivity contribution in [1.82, 2.24) is 0 Å². The molecule has 2 aromatic rings. The van der Waals surface area contributed by atoms with E-state index in [2.05, 4.69) is 0 Å². The summed E-state index contributed by atoms with van der Waals surface area (Å²) in [6, 6.07) is 3.34. The highest BCUT2D eigenvalue weighted by Crippen LogP contribution is 2.43. The zero-order valence-electron chi connectivity index (χ0n) is 13.2. The number of alkyl halides is 2. The van der Waals surface area contributed by atoms with Crippen molar-refractivity contribution in [2.75, 3.05) is 6.01 Å². The number of benzene rings is 2. The molecule has 1 aliphatic carbocycles. The van der Waals surface area contributed by atoms with Gasteiger partial charge in [0.25, 0.3) is 0 Å². The van der Waals surface area contributed by atoms with Crippen LogP contribution < -0.4 is 4.74 Å². The van der Waals surface area contributed by atoms with Gasteiger partial charge < -0.3 is 4.74 Å². The summed E-state index contributed by atoms with van der Waals surface area (Å²) in [6.45, 7) is 1.30. The van der Waals surface area contributed by atoms with E-state index >= 15 is 0 Å². The molecule has 0 bridgehead atoms. The Hall–Kier alpha value is -2.09. The molecular formula is C17H14F4O3S. The smallest absolute Gasteiger partial charge is 0.207 e. The van der Waals surface area contributed by atoms with E-state index in [1.54, 1.807) is 0 Å². The van der Waals surface area contributed by atoms with E-state index in [1.165, 1.54) is 13.0 Å². The van der Waals surface area contributed by atoms with Crippen molar-refractivity contribution < 1.29 is 30.7 Å². The molecule has 0 radical (unpaired) electrons. The second kappa shape index (κ2) is 6.01. The largest absolute Gasteiger partial charge is 0.457 e. The van der Waals surface area contributed by atoms with Gasteiger partial charge in [0, 0.05) is 36.6 Å². The first kappa shape index (κ1) is 17.7. The molecule has 1 atom stereocenters. The Morgan fingerprint density at radius 2 is 1.68 bits per heavy atom. The normalized spacial score (nSPS) is 19.7. The molecule has 0 aromatic heterocycles. The van der Waals surface area contributed by atoms with Crippen LogP contribution in [0.3, 0.4) is 0 Å². The number of rotatable bonds is 4. The molecule has 0 spiro atoms. The molecule has 1 aliphatic rings. The Balaban J connectivity index is 2.10. The van der Waals surface area contributed by atoms with Gasteiger partial charge in [0.1, 0.15) is 28.8 Å². The van der Waals surface area contributed by atoms with Gasteiger partial charge in [0.05, 0.1) is 4.90 Å². The lowest BCUT2D eigenvalue weighted by molar-refractivity contribution is 0.204. The third-order valence-corrected chi connectivity index (χ3v) is 5.32. The topological polar surface area (TPSA) is 43.4 Å². The highest BCUT2D eigenvalue weighted by Gasteiger charge is 2.38. The Labute approximate surface area is 142 Å². The molecule has 0 heterocycles. The Morgan fingerprint density at radius 3 is 2.28 bits per heavy atom. The molecule has 1 unspecified atom stereocenters. The van der Waals surface area contributed by atoms with Crippen molar-refractivity contribution in [1.29, 1.82) is 0 Å². The predicted molar refractivity (Wildman–Crippen MR) is 83.0 cm³/mol. The van der Waals surface area contributed by atoms with Crippen LogP contribution in [0.2, 0.25) is 0 Å². The molecule has 2 aromatic carbocycles. The first-order chi connectivity index (χ1) is 11.6. The number of fused-ring (bicyclic) bond motifs is 1. The molecule has 8 heteroatoms. The number of sulfone groups is 1. The van der Waals surface area contributed by atoms with Crippen LogP contribution in [0.15, 0.2) is 35.2 Å². The van der Waals surface area contributed by atoms with E-state index in [0.29, 0.717) is 6.07 Å². The van der Waals surface area contributed by atoms with Gasteiger partial charge in [0.15, 0.2) is 6.01 Å². The van der Waals surface area contributed by atoms with Crippen LogP contribution in [0.1, 0.15) is 18.1 Å². The van der Waals surface area contributed by atoms with Gasteiger partial charge in [-0.1, -0.05) is 0 Å². The van der Waals surface area contributed by atoms with Crippen LogP contribution in [0.25, 0.3) is 0 Å². The maximum absolute atomic E-state index is 14.5. The SMILES string of the molecule is CC1(F)Cc2c(Oc3cc(F)cc(F)c3)ccc(S(=O)(=O)CF)c2C1. The summed E-state index contributed by atoms with van der Waals surface area (Å²) in [7, 11) is -4.19. The van der Waals surface area contributed by atoms with Crippen LogP contribution in [-0.4, -0.2) is 20.1 Å². The fourth-order valence-electron chi connectivity index (χ4n) is 3.00. The molecule has 0 saturated carbocycles. The standard InChI is InChI=1S/C17H14F4O3S/c1-17(21)7-13-14(8-17)16(25(22,23)9-18)3-2-15(13)24-12-5-10(19)4-11(20)6-12/h2-6H,7-9H2,1H3. The van der Waals surface area contributed by atoms with Gasteiger partial charge in [-0.15, -0.1) is 0 Å². The Kier molecular flexibility index (Phi) is 4.26. The van der Waals surface area contributed by atoms with Gasteiger partial charge in [-0.25, -0.2) is 26.0 Å². The van der Waals surface area contributed by atoms with E-state index in [-0.39, 0.29) is 40.4 Å². The molecule has 0 aliphatic heterocycles. The van der Waals surface area contributed by atoms with E-state index in [1.807, 2.05) is 0 Å². The molecule has 134 valence electrons. The second-order valence-corrected chi connectivity index (χ2v) is 8.10. The number of ether oxygens (including phenoxy) is 1. The predicted octanol–water partition coefficient (Wildman–Crippen LogP) is 4.28. The third kappa shape index (κ3) is 3.49. The summed E-state index contributed by atoms with van der Waals surface area (Å²) < 4.78 is 83.1. The van der Waals surface area contributed by atoms with Crippen molar-refractivity contribution >= 4 is 9.84 Å². The molecule has 25 heavy (non-hydrogen) atoms. The number of halogens is 4. The van der Waals surface area contributed by atoms with Gasteiger partial charge >= 0.3 is 0 Å². The van der Waals surface area contributed by atoms with E-state index in [0.717, 1.165) is 18.2 Å². The number of hydrogen-bond acceptors (Lipinski definition) is 3. The highest BCUT2D eigenvalue weighted by molar-refractivity contribution is 7.91. The van der Waals surface area contributed by atoms with Crippen LogP contribution in [-0.2, 0) is 22.7 Å². The Morgan fingerprint density at radius 1 is 1.08 bits per heavy atom. The lowest BCUT2D eigenvalue weighted by Gasteiger charge is -2.13. The first-order valence-electron chi connectivity index (χ1n) is 7.38. The minimum atomic E-state index is -4.19. The molecule has 0 fully saturated rings. The molecular weight excluding hydrogens is 360 g/mol. The fraction of sp³-hybridized carbons (Fsp3) is 0.294. The number of hydrogen-bond donors (Lipinski definition) is 0. The van der Waals surface area contributed by atoms with Gasteiger partial charge in [-0.2, -0.15) is 0 Å². The average molecular weight is 374 g/mol. The van der Waals surface area contributed by atoms with Gasteiger partial charge in [-0.05, 0) is 24.6 Å². The summed E-state index contributed by atoms with van der Waals surface area (Å²) in [4.78, 5) is -0.288. The monoisotopic (exact) mass is 374 g/mol. The zero-order chi connectivity index (χ0) is 18.4. The summed E-state index contributed by atoms with van der Waals surface area (Å²) in [5.41, 5.74) is -1.34. The molecule has 3 rings (SSSR count). The fourth-order valence-corrected chi connectivity index (χ4v) is 3.96. The molecule has 0 N–H and O–H groups in total. The van der Waals surface area contributed by atoms with Crippen LogP contribution in [0.4, 0.5) is 17.6 Å². The van der Waals surface area contributed by atoms with Gasteiger partial charge in [-0.3, -0.25) is 0 Å². The van der Waals surface area contributed by atoms with E-state index < -0.39 is 33.1 Å². The van der Waals surface area contributed by atoms with Crippen molar-refractivity contribution in [2.45, 2.75) is 30.3 Å². The van der Waals surface area contributed by atoms with Crippen molar-refractivity contribution in [2.24, 2.45) is 0 Å². The maximum Gasteiger partial charge on any atom is 0.207 e. The minimum absolute atomic E-state index is 0.0826. The highest BCUT2D eigenvalue weighted by atomic mass is 32.2. The van der Waals surface area contributed by atoms with Crippen LogP contribution >= 0.6 is 0 Å². The van der Waals surface area contributed by atoms with Crippen LogP contribution in [0.5, 0.6) is 11.5 Å². The Bertz CT molecular complexity index is 919. The summed E-state index contributed by atoms with van der Waals surface area (Å²) in [6.07, 6.45) is -0.364. The summed E-state index contributed by atoms with van der Waals surface area (Å²) >= 11 is 0. The minimum Gasteiger partial charge on any atom is -0.457 e. The van der Waals surface area contributed by atoms with Crippen molar-refractivity contribution in [3.8, 4) is 11.5 Å². The average Bonchev–Trinajstić information content (AvgIpc) is 2.81. The first-order valence-corrected chi connectivity index (χ1v) is 9.03. The molecule has 0 saturated heterocycles. The summed E-state index contributed by atoms with van der Waals surface area (Å²) in [5.74, 6) is -1.76. The molecule has 0 amide bonds. The second-order valence-electron chi connectivity index (χ2n) is 6.22. The quantitative estimate of drug-likeness (QED) is 0.750. The summed E-state index contributed by atoms with van der Waals surface area (Å²) in [5, 5.41) is 0.